The molecule has 3 rings (SSSR count). The summed E-state index contributed by atoms with van der Waals surface area (Å²) < 4.78 is 12.4. The molecule has 0 aliphatic heterocycles. The second kappa shape index (κ2) is 6.76. The lowest BCUT2D eigenvalue weighted by atomic mass is 10.1. The lowest BCUT2D eigenvalue weighted by Crippen LogP contribution is -2.14. The molecule has 8 nitrogen and oxygen atoms in total. The average Bonchev–Trinajstić information content (AvgIpc) is 3.13. The van der Waals surface area contributed by atoms with Crippen molar-refractivity contribution in [1.82, 2.24) is 20.0 Å². The van der Waals surface area contributed by atoms with E-state index in [9.17, 15) is 4.79 Å². The molecule has 0 radical (unpaired) electrons. The van der Waals surface area contributed by atoms with E-state index in [0.717, 1.165) is 22.6 Å². The van der Waals surface area contributed by atoms with Gasteiger partial charge in [0.2, 0.25) is 5.91 Å². The number of carbonyl (C=O) groups is 1. The molecule has 2 heterocycles. The SMILES string of the molecule is COc1ccc(CC(=O)Nc2nnc(-c3cc(C)nn3C)o2)cc1C. The van der Waals surface area contributed by atoms with Gasteiger partial charge in [-0.3, -0.25) is 14.8 Å². The molecule has 1 amide bonds. The quantitative estimate of drug-likeness (QED) is 0.765. The first-order chi connectivity index (χ1) is 12.0. The number of carbonyl (C=O) groups excluding carboxylic acids is 1. The van der Waals surface area contributed by atoms with Gasteiger partial charge >= 0.3 is 6.01 Å². The van der Waals surface area contributed by atoms with E-state index in [1.165, 1.54) is 0 Å². The number of hydrogen-bond acceptors (Lipinski definition) is 6. The number of anilines is 1. The Kier molecular flexibility index (Phi) is 4.51. The average molecular weight is 341 g/mol. The van der Waals surface area contributed by atoms with Gasteiger partial charge in [-0.15, -0.1) is 5.10 Å². The van der Waals surface area contributed by atoms with Gasteiger partial charge in [0.25, 0.3) is 5.89 Å². The molecule has 0 spiro atoms. The Labute approximate surface area is 144 Å². The fraction of sp³-hybridized carbons (Fsp3) is 0.294. The summed E-state index contributed by atoms with van der Waals surface area (Å²) in [5.74, 6) is 0.858. The fourth-order valence-electron chi connectivity index (χ4n) is 2.59. The van der Waals surface area contributed by atoms with E-state index < -0.39 is 0 Å². The van der Waals surface area contributed by atoms with Gasteiger partial charge in [0.15, 0.2) is 0 Å². The van der Waals surface area contributed by atoms with E-state index in [4.69, 9.17) is 9.15 Å². The van der Waals surface area contributed by atoms with Crippen LogP contribution in [-0.2, 0) is 18.3 Å². The zero-order chi connectivity index (χ0) is 18.0. The summed E-state index contributed by atoms with van der Waals surface area (Å²) in [4.78, 5) is 12.2. The highest BCUT2D eigenvalue weighted by Gasteiger charge is 2.15. The number of aryl methyl sites for hydroxylation is 3. The summed E-state index contributed by atoms with van der Waals surface area (Å²) in [7, 11) is 3.41. The number of ether oxygens (including phenoxy) is 1. The highest BCUT2D eigenvalue weighted by Crippen LogP contribution is 2.21. The van der Waals surface area contributed by atoms with Crippen molar-refractivity contribution < 1.29 is 13.9 Å². The van der Waals surface area contributed by atoms with Crippen molar-refractivity contribution in [2.45, 2.75) is 20.3 Å². The third-order valence-corrected chi connectivity index (χ3v) is 3.72. The van der Waals surface area contributed by atoms with Crippen LogP contribution in [0.2, 0.25) is 0 Å². The molecule has 0 atom stereocenters. The molecular weight excluding hydrogens is 322 g/mol. The van der Waals surface area contributed by atoms with Gasteiger partial charge in [0.05, 0.1) is 19.2 Å². The van der Waals surface area contributed by atoms with E-state index >= 15 is 0 Å². The number of nitrogens with zero attached hydrogens (tertiary/aromatic N) is 4. The van der Waals surface area contributed by atoms with E-state index in [2.05, 4.69) is 20.6 Å². The zero-order valence-electron chi connectivity index (χ0n) is 14.5. The Morgan fingerprint density at radius 2 is 2.08 bits per heavy atom. The molecule has 130 valence electrons. The lowest BCUT2D eigenvalue weighted by Gasteiger charge is -2.07. The van der Waals surface area contributed by atoms with Crippen molar-refractivity contribution in [3.63, 3.8) is 0 Å². The van der Waals surface area contributed by atoms with E-state index in [-0.39, 0.29) is 18.3 Å². The highest BCUT2D eigenvalue weighted by atomic mass is 16.5. The minimum Gasteiger partial charge on any atom is -0.496 e. The van der Waals surface area contributed by atoms with Gasteiger partial charge in [-0.05, 0) is 37.1 Å². The van der Waals surface area contributed by atoms with Crippen LogP contribution in [0.25, 0.3) is 11.6 Å². The van der Waals surface area contributed by atoms with Crippen LogP contribution in [0.5, 0.6) is 5.75 Å². The smallest absolute Gasteiger partial charge is 0.322 e. The lowest BCUT2D eigenvalue weighted by molar-refractivity contribution is -0.115. The number of nitrogens with one attached hydrogen (secondary N) is 1. The number of methoxy groups -OCH3 is 1. The zero-order valence-corrected chi connectivity index (χ0v) is 14.5. The van der Waals surface area contributed by atoms with E-state index in [0.29, 0.717) is 11.6 Å². The molecule has 0 saturated carbocycles. The fourth-order valence-corrected chi connectivity index (χ4v) is 2.59. The summed E-state index contributed by atoms with van der Waals surface area (Å²) in [5, 5.41) is 14.7. The Bertz CT molecular complexity index is 913. The maximum absolute atomic E-state index is 12.2. The van der Waals surface area contributed by atoms with Crippen molar-refractivity contribution in [3.8, 4) is 17.3 Å². The number of amides is 1. The molecule has 1 N–H and O–H groups in total. The standard InChI is InChI=1S/C17H19N5O3/c1-10-7-12(5-6-14(10)24-4)9-15(23)18-17-20-19-16(25-17)13-8-11(2)21-22(13)3/h5-8H,9H2,1-4H3,(H,18,20,23). The highest BCUT2D eigenvalue weighted by molar-refractivity contribution is 5.90. The Morgan fingerprint density at radius 1 is 1.28 bits per heavy atom. The summed E-state index contributed by atoms with van der Waals surface area (Å²) in [6.07, 6.45) is 0.202. The molecule has 2 aromatic heterocycles. The number of hydrogen-bond donors (Lipinski definition) is 1. The first-order valence-corrected chi connectivity index (χ1v) is 7.74. The summed E-state index contributed by atoms with van der Waals surface area (Å²) >= 11 is 0. The third kappa shape index (κ3) is 3.68. The predicted molar refractivity (Wildman–Crippen MR) is 91.3 cm³/mol. The molecule has 0 bridgehead atoms. The van der Waals surface area contributed by atoms with Crippen LogP contribution in [0.15, 0.2) is 28.7 Å². The van der Waals surface area contributed by atoms with E-state index in [1.807, 2.05) is 38.1 Å². The monoisotopic (exact) mass is 341 g/mol. The van der Waals surface area contributed by atoms with Gasteiger partial charge in [-0.1, -0.05) is 17.2 Å². The predicted octanol–water partition coefficient (Wildman–Crippen LogP) is 2.28. The molecule has 0 saturated heterocycles. The topological polar surface area (TPSA) is 95.1 Å². The maximum Gasteiger partial charge on any atom is 0.322 e. The van der Waals surface area contributed by atoms with Crippen LogP contribution in [0.1, 0.15) is 16.8 Å². The summed E-state index contributed by atoms with van der Waals surface area (Å²) in [5.41, 5.74) is 3.38. The van der Waals surface area contributed by atoms with Crippen molar-refractivity contribution in [2.75, 3.05) is 12.4 Å². The first-order valence-electron chi connectivity index (χ1n) is 7.74. The molecule has 1 aromatic carbocycles. The molecular formula is C17H19N5O3. The second-order valence-electron chi connectivity index (χ2n) is 5.74. The van der Waals surface area contributed by atoms with Crippen molar-refractivity contribution in [1.29, 1.82) is 0 Å². The van der Waals surface area contributed by atoms with Crippen LogP contribution >= 0.6 is 0 Å². The van der Waals surface area contributed by atoms with Crippen LogP contribution in [0.3, 0.4) is 0 Å². The van der Waals surface area contributed by atoms with Crippen LogP contribution in [-0.4, -0.2) is 33.0 Å². The molecule has 0 aliphatic rings. The van der Waals surface area contributed by atoms with Crippen LogP contribution < -0.4 is 10.1 Å². The molecule has 0 aliphatic carbocycles. The van der Waals surface area contributed by atoms with Gasteiger partial charge in [0, 0.05) is 7.05 Å². The molecule has 3 aromatic rings. The van der Waals surface area contributed by atoms with E-state index in [1.54, 1.807) is 18.8 Å². The van der Waals surface area contributed by atoms with Crippen LogP contribution in [0, 0.1) is 13.8 Å². The number of benzene rings is 1. The van der Waals surface area contributed by atoms with Crippen molar-refractivity contribution in [3.05, 3.63) is 41.1 Å². The van der Waals surface area contributed by atoms with Gasteiger partial charge in [-0.25, -0.2) is 0 Å². The Morgan fingerprint density at radius 3 is 2.72 bits per heavy atom. The van der Waals surface area contributed by atoms with Crippen molar-refractivity contribution in [2.24, 2.45) is 7.05 Å². The Balaban J connectivity index is 1.67. The first kappa shape index (κ1) is 16.7. The number of aromatic nitrogens is 4. The molecule has 25 heavy (non-hydrogen) atoms. The largest absolute Gasteiger partial charge is 0.496 e. The number of rotatable bonds is 5. The van der Waals surface area contributed by atoms with Gasteiger partial charge in [-0.2, -0.15) is 5.10 Å². The molecule has 8 heteroatoms. The van der Waals surface area contributed by atoms with Gasteiger partial charge in [0.1, 0.15) is 11.4 Å². The minimum absolute atomic E-state index is 0.0593. The minimum atomic E-state index is -0.235. The molecule has 0 fully saturated rings. The maximum atomic E-state index is 12.2. The molecule has 0 unspecified atom stereocenters. The van der Waals surface area contributed by atoms with Gasteiger partial charge < -0.3 is 9.15 Å². The Hall–Kier alpha value is -3.16. The third-order valence-electron chi connectivity index (χ3n) is 3.72. The summed E-state index contributed by atoms with van der Waals surface area (Å²) in [6.45, 7) is 3.81. The van der Waals surface area contributed by atoms with Crippen LogP contribution in [0.4, 0.5) is 6.01 Å². The van der Waals surface area contributed by atoms with Crippen molar-refractivity contribution >= 4 is 11.9 Å². The normalized spacial score (nSPS) is 10.7. The second-order valence-corrected chi connectivity index (χ2v) is 5.74. The summed E-state index contributed by atoms with van der Waals surface area (Å²) in [6, 6.07) is 7.50.